The summed E-state index contributed by atoms with van der Waals surface area (Å²) in [4.78, 5) is 0. The van der Waals surface area contributed by atoms with E-state index in [0.29, 0.717) is 6.04 Å². The molecule has 2 aromatic rings. The van der Waals surface area contributed by atoms with Gasteiger partial charge in [-0.3, -0.25) is 4.68 Å². The van der Waals surface area contributed by atoms with E-state index in [4.69, 9.17) is 4.74 Å². The molecule has 1 aromatic carbocycles. The van der Waals surface area contributed by atoms with Crippen LogP contribution in [-0.4, -0.2) is 29.5 Å². The Balaban J connectivity index is 2.08. The molecule has 0 aliphatic rings. The molecule has 114 valence electrons. The molecule has 0 fully saturated rings. The molecule has 1 heterocycles. The number of benzene rings is 1. The molecule has 1 aromatic heterocycles. The smallest absolute Gasteiger partial charge is 0.122 e. The monoisotopic (exact) mass is 287 g/mol. The van der Waals surface area contributed by atoms with Gasteiger partial charge in [-0.25, -0.2) is 0 Å². The second kappa shape index (κ2) is 7.84. The number of aromatic nitrogens is 2. The van der Waals surface area contributed by atoms with Crippen molar-refractivity contribution in [1.82, 2.24) is 15.1 Å². The molecular weight excluding hydrogens is 262 g/mol. The highest BCUT2D eigenvalue weighted by Gasteiger charge is 2.13. The van der Waals surface area contributed by atoms with E-state index in [-0.39, 0.29) is 0 Å². The summed E-state index contributed by atoms with van der Waals surface area (Å²) in [7, 11) is 3.69. The zero-order valence-corrected chi connectivity index (χ0v) is 13.2. The maximum Gasteiger partial charge on any atom is 0.122 e. The Hall–Kier alpha value is -1.81. The van der Waals surface area contributed by atoms with Crippen molar-refractivity contribution >= 4 is 0 Å². The zero-order chi connectivity index (χ0) is 15.1. The van der Waals surface area contributed by atoms with Gasteiger partial charge in [0.05, 0.1) is 13.3 Å². The van der Waals surface area contributed by atoms with Gasteiger partial charge in [0.15, 0.2) is 0 Å². The normalized spacial score (nSPS) is 12.3. The molecule has 2 rings (SSSR count). The highest BCUT2D eigenvalue weighted by atomic mass is 16.5. The van der Waals surface area contributed by atoms with Crippen molar-refractivity contribution in [3.63, 3.8) is 0 Å². The van der Waals surface area contributed by atoms with Crippen LogP contribution in [0.25, 0.3) is 0 Å². The Morgan fingerprint density at radius 1 is 1.29 bits per heavy atom. The fourth-order valence-corrected chi connectivity index (χ4v) is 2.56. The van der Waals surface area contributed by atoms with Crippen molar-refractivity contribution in [2.24, 2.45) is 7.05 Å². The molecule has 1 atom stereocenters. The van der Waals surface area contributed by atoms with E-state index in [1.807, 2.05) is 30.1 Å². The first-order chi connectivity index (χ1) is 10.2. The van der Waals surface area contributed by atoms with Gasteiger partial charge < -0.3 is 10.1 Å². The van der Waals surface area contributed by atoms with Gasteiger partial charge in [-0.2, -0.15) is 5.10 Å². The summed E-state index contributed by atoms with van der Waals surface area (Å²) in [5.74, 6) is 0.965. The van der Waals surface area contributed by atoms with Crippen molar-refractivity contribution in [1.29, 1.82) is 0 Å². The van der Waals surface area contributed by atoms with Crippen LogP contribution < -0.4 is 10.1 Å². The summed E-state index contributed by atoms with van der Waals surface area (Å²) in [6.45, 7) is 3.22. The number of hydrogen-bond donors (Lipinski definition) is 1. The fourth-order valence-electron chi connectivity index (χ4n) is 2.56. The van der Waals surface area contributed by atoms with Gasteiger partial charge in [-0.05, 0) is 43.0 Å². The molecular formula is C17H25N3O. The van der Waals surface area contributed by atoms with E-state index in [0.717, 1.165) is 31.6 Å². The van der Waals surface area contributed by atoms with E-state index in [1.54, 1.807) is 7.11 Å². The SMILES string of the molecule is CCCNC(Cc1cnn(C)c1)Cc1ccccc1OC. The van der Waals surface area contributed by atoms with Crippen molar-refractivity contribution in [2.45, 2.75) is 32.2 Å². The lowest BCUT2D eigenvalue weighted by Gasteiger charge is -2.19. The van der Waals surface area contributed by atoms with Gasteiger partial charge in [-0.1, -0.05) is 25.1 Å². The number of rotatable bonds is 8. The Morgan fingerprint density at radius 2 is 2.10 bits per heavy atom. The van der Waals surface area contributed by atoms with Gasteiger partial charge in [0.2, 0.25) is 0 Å². The minimum absolute atomic E-state index is 0.394. The fraction of sp³-hybridized carbons (Fsp3) is 0.471. The summed E-state index contributed by atoms with van der Waals surface area (Å²) in [5, 5.41) is 7.89. The quantitative estimate of drug-likeness (QED) is 0.811. The topological polar surface area (TPSA) is 39.1 Å². The van der Waals surface area contributed by atoms with Crippen LogP contribution in [0.5, 0.6) is 5.75 Å². The van der Waals surface area contributed by atoms with E-state index < -0.39 is 0 Å². The first-order valence-electron chi connectivity index (χ1n) is 7.55. The van der Waals surface area contributed by atoms with Gasteiger partial charge in [0, 0.05) is 19.3 Å². The van der Waals surface area contributed by atoms with Crippen LogP contribution in [0.1, 0.15) is 24.5 Å². The van der Waals surface area contributed by atoms with Crippen LogP contribution in [0.15, 0.2) is 36.7 Å². The van der Waals surface area contributed by atoms with Crippen LogP contribution in [-0.2, 0) is 19.9 Å². The Morgan fingerprint density at radius 3 is 2.76 bits per heavy atom. The van der Waals surface area contributed by atoms with Crippen LogP contribution in [0.2, 0.25) is 0 Å². The molecule has 0 aliphatic carbocycles. The number of methoxy groups -OCH3 is 1. The lowest BCUT2D eigenvalue weighted by Crippen LogP contribution is -2.33. The molecule has 0 saturated heterocycles. The number of nitrogens with one attached hydrogen (secondary N) is 1. The molecule has 1 N–H and O–H groups in total. The lowest BCUT2D eigenvalue weighted by atomic mass is 9.99. The molecule has 1 unspecified atom stereocenters. The van der Waals surface area contributed by atoms with Gasteiger partial charge >= 0.3 is 0 Å². The Bertz CT molecular complexity index is 550. The molecule has 21 heavy (non-hydrogen) atoms. The third-order valence-corrected chi connectivity index (χ3v) is 3.58. The third kappa shape index (κ3) is 4.60. The van der Waals surface area contributed by atoms with Crippen molar-refractivity contribution in [2.75, 3.05) is 13.7 Å². The summed E-state index contributed by atoms with van der Waals surface area (Å²) in [6, 6.07) is 8.64. The summed E-state index contributed by atoms with van der Waals surface area (Å²) >= 11 is 0. The van der Waals surface area contributed by atoms with Crippen LogP contribution >= 0.6 is 0 Å². The number of para-hydroxylation sites is 1. The molecule has 0 spiro atoms. The molecule has 0 amide bonds. The maximum absolute atomic E-state index is 5.46. The highest BCUT2D eigenvalue weighted by molar-refractivity contribution is 5.34. The first kappa shape index (κ1) is 15.6. The highest BCUT2D eigenvalue weighted by Crippen LogP contribution is 2.20. The van der Waals surface area contributed by atoms with E-state index in [2.05, 4.69) is 35.7 Å². The number of aryl methyl sites for hydroxylation is 1. The molecule has 4 nitrogen and oxygen atoms in total. The number of ether oxygens (including phenoxy) is 1. The van der Waals surface area contributed by atoms with Gasteiger partial charge in [-0.15, -0.1) is 0 Å². The van der Waals surface area contributed by atoms with E-state index in [9.17, 15) is 0 Å². The molecule has 0 saturated carbocycles. The van der Waals surface area contributed by atoms with Gasteiger partial charge in [0.25, 0.3) is 0 Å². The zero-order valence-electron chi connectivity index (χ0n) is 13.2. The predicted octanol–water partition coefficient (Wildman–Crippen LogP) is 2.58. The molecule has 4 heteroatoms. The minimum atomic E-state index is 0.394. The second-order valence-corrected chi connectivity index (χ2v) is 5.39. The number of nitrogens with zero attached hydrogens (tertiary/aromatic N) is 2. The standard InChI is InChI=1S/C17H25N3O/c1-4-9-18-16(10-14-12-19-20(2)13-14)11-15-7-5-6-8-17(15)21-3/h5-8,12-13,16,18H,4,9-11H2,1-3H3. The average Bonchev–Trinajstić information content (AvgIpc) is 2.90. The third-order valence-electron chi connectivity index (χ3n) is 3.58. The lowest BCUT2D eigenvalue weighted by molar-refractivity contribution is 0.404. The summed E-state index contributed by atoms with van der Waals surface area (Å²) in [5.41, 5.74) is 2.51. The van der Waals surface area contributed by atoms with E-state index in [1.165, 1.54) is 11.1 Å². The average molecular weight is 287 g/mol. The van der Waals surface area contributed by atoms with Crippen LogP contribution in [0, 0.1) is 0 Å². The van der Waals surface area contributed by atoms with E-state index >= 15 is 0 Å². The first-order valence-corrected chi connectivity index (χ1v) is 7.55. The van der Waals surface area contributed by atoms with Gasteiger partial charge in [0.1, 0.15) is 5.75 Å². The second-order valence-electron chi connectivity index (χ2n) is 5.39. The van der Waals surface area contributed by atoms with Crippen molar-refractivity contribution < 1.29 is 4.74 Å². The Kier molecular flexibility index (Phi) is 5.81. The number of hydrogen-bond acceptors (Lipinski definition) is 3. The van der Waals surface area contributed by atoms with Crippen LogP contribution in [0.3, 0.4) is 0 Å². The van der Waals surface area contributed by atoms with Crippen molar-refractivity contribution in [3.8, 4) is 5.75 Å². The van der Waals surface area contributed by atoms with Crippen molar-refractivity contribution in [3.05, 3.63) is 47.8 Å². The largest absolute Gasteiger partial charge is 0.496 e. The molecule has 0 bridgehead atoms. The molecule has 0 aliphatic heterocycles. The maximum atomic E-state index is 5.46. The minimum Gasteiger partial charge on any atom is -0.496 e. The summed E-state index contributed by atoms with van der Waals surface area (Å²) in [6.07, 6.45) is 7.10. The predicted molar refractivity (Wildman–Crippen MR) is 85.7 cm³/mol. The summed E-state index contributed by atoms with van der Waals surface area (Å²) < 4.78 is 7.32. The molecule has 0 radical (unpaired) electrons. The Labute approximate surface area is 127 Å². The van der Waals surface area contributed by atoms with Crippen LogP contribution in [0.4, 0.5) is 0 Å².